The van der Waals surface area contributed by atoms with Crippen molar-refractivity contribution in [3.8, 4) is 0 Å². The van der Waals surface area contributed by atoms with Crippen molar-refractivity contribution in [3.05, 3.63) is 58.7 Å². The molecular weight excluding hydrogens is 324 g/mol. The molecule has 3 heterocycles. The third kappa shape index (κ3) is 3.78. The third-order valence-electron chi connectivity index (χ3n) is 5.40. The minimum absolute atomic E-state index is 0.178. The number of piperidine rings is 1. The monoisotopic (exact) mass is 350 g/mol. The van der Waals surface area contributed by atoms with Crippen molar-refractivity contribution in [1.82, 2.24) is 20.2 Å². The molecule has 0 spiro atoms. The molecule has 1 atom stereocenters. The summed E-state index contributed by atoms with van der Waals surface area (Å²) in [4.78, 5) is 24.0. The highest BCUT2D eigenvalue weighted by atomic mass is 16.2. The molecular formula is C21H26N4O. The van der Waals surface area contributed by atoms with Crippen molar-refractivity contribution < 1.29 is 4.79 Å². The first-order valence-electron chi connectivity index (χ1n) is 9.60. The molecule has 0 bridgehead atoms. The van der Waals surface area contributed by atoms with Gasteiger partial charge in [-0.25, -0.2) is 9.97 Å². The summed E-state index contributed by atoms with van der Waals surface area (Å²) in [7, 11) is 0. The summed E-state index contributed by atoms with van der Waals surface area (Å²) in [6.45, 7) is 4.47. The number of hydrogen-bond acceptors (Lipinski definition) is 4. The Morgan fingerprint density at radius 1 is 1.27 bits per heavy atom. The van der Waals surface area contributed by atoms with Crippen LogP contribution in [0.25, 0.3) is 0 Å². The zero-order valence-electron chi connectivity index (χ0n) is 15.4. The van der Waals surface area contributed by atoms with Crippen molar-refractivity contribution in [3.63, 3.8) is 0 Å². The van der Waals surface area contributed by atoms with Crippen molar-refractivity contribution in [2.45, 2.75) is 51.6 Å². The molecule has 1 aromatic heterocycles. The number of hydrogen-bond donors (Lipinski definition) is 1. The van der Waals surface area contributed by atoms with Gasteiger partial charge >= 0.3 is 0 Å². The summed E-state index contributed by atoms with van der Waals surface area (Å²) < 4.78 is 0. The largest absolute Gasteiger partial charge is 0.338 e. The number of carbonyl (C=O) groups is 1. The van der Waals surface area contributed by atoms with Gasteiger partial charge in [0.2, 0.25) is 5.91 Å². The maximum Gasteiger partial charge on any atom is 0.227 e. The molecule has 0 saturated carbocycles. The Balaban J connectivity index is 1.42. The molecule has 136 valence electrons. The van der Waals surface area contributed by atoms with Crippen LogP contribution in [0.1, 0.15) is 53.5 Å². The molecule has 1 N–H and O–H groups in total. The summed E-state index contributed by atoms with van der Waals surface area (Å²) in [5.74, 6) is 1.10. The Hall–Kier alpha value is -2.27. The Morgan fingerprint density at radius 2 is 2.12 bits per heavy atom. The van der Waals surface area contributed by atoms with Crippen LogP contribution in [-0.2, 0) is 24.2 Å². The van der Waals surface area contributed by atoms with Gasteiger partial charge in [-0.2, -0.15) is 0 Å². The minimum Gasteiger partial charge on any atom is -0.338 e. The SMILES string of the molecule is Cc1ccc(CC(=O)N2CCc3nc([C@H]4CCCCN4)ncc3C2)cc1. The van der Waals surface area contributed by atoms with Gasteiger partial charge in [-0.3, -0.25) is 4.79 Å². The lowest BCUT2D eigenvalue weighted by Gasteiger charge is -2.29. The number of aryl methyl sites for hydroxylation is 1. The van der Waals surface area contributed by atoms with Gasteiger partial charge in [-0.15, -0.1) is 0 Å². The molecule has 1 saturated heterocycles. The summed E-state index contributed by atoms with van der Waals surface area (Å²) in [6, 6.07) is 8.48. The van der Waals surface area contributed by atoms with E-state index in [0.29, 0.717) is 13.0 Å². The fraction of sp³-hybridized carbons (Fsp3) is 0.476. The molecule has 1 aromatic carbocycles. The van der Waals surface area contributed by atoms with Gasteiger partial charge in [0.15, 0.2) is 0 Å². The second-order valence-electron chi connectivity index (χ2n) is 7.43. The van der Waals surface area contributed by atoms with Crippen molar-refractivity contribution >= 4 is 5.91 Å². The number of fused-ring (bicyclic) bond motifs is 1. The highest BCUT2D eigenvalue weighted by Gasteiger charge is 2.24. The fourth-order valence-corrected chi connectivity index (χ4v) is 3.78. The standard InChI is InChI=1S/C21H26N4O/c1-15-5-7-16(8-6-15)12-20(26)25-11-9-18-17(14-25)13-23-21(24-18)19-4-2-3-10-22-19/h5-8,13,19,22H,2-4,9-12,14H2,1H3/t19-/m1/s1. The predicted molar refractivity (Wildman–Crippen MR) is 101 cm³/mol. The summed E-state index contributed by atoms with van der Waals surface area (Å²) in [5.41, 5.74) is 4.49. The van der Waals surface area contributed by atoms with E-state index in [2.05, 4.69) is 29.4 Å². The quantitative estimate of drug-likeness (QED) is 0.925. The van der Waals surface area contributed by atoms with Gasteiger partial charge in [-0.05, 0) is 31.9 Å². The Bertz CT molecular complexity index is 781. The van der Waals surface area contributed by atoms with Crippen LogP contribution in [-0.4, -0.2) is 33.9 Å². The lowest BCUT2D eigenvalue weighted by Crippen LogP contribution is -2.38. The number of aromatic nitrogens is 2. The zero-order chi connectivity index (χ0) is 17.9. The molecule has 5 heteroatoms. The van der Waals surface area contributed by atoms with Gasteiger partial charge in [0.05, 0.1) is 18.2 Å². The number of carbonyl (C=O) groups excluding carboxylic acids is 1. The molecule has 0 unspecified atom stereocenters. The van der Waals surface area contributed by atoms with Gasteiger partial charge in [0.1, 0.15) is 5.82 Å². The first-order chi connectivity index (χ1) is 12.7. The molecule has 4 rings (SSSR count). The first-order valence-corrected chi connectivity index (χ1v) is 9.60. The minimum atomic E-state index is 0.178. The Kier molecular flexibility index (Phi) is 4.98. The highest BCUT2D eigenvalue weighted by molar-refractivity contribution is 5.79. The van der Waals surface area contributed by atoms with Gasteiger partial charge in [-0.1, -0.05) is 36.2 Å². The van der Waals surface area contributed by atoms with E-state index >= 15 is 0 Å². The fourth-order valence-electron chi connectivity index (χ4n) is 3.78. The molecule has 0 radical (unpaired) electrons. The molecule has 1 fully saturated rings. The molecule has 26 heavy (non-hydrogen) atoms. The van der Waals surface area contributed by atoms with Crippen LogP contribution in [0, 0.1) is 6.92 Å². The maximum atomic E-state index is 12.7. The van der Waals surface area contributed by atoms with E-state index in [1.165, 1.54) is 18.4 Å². The molecule has 1 amide bonds. The van der Waals surface area contributed by atoms with Crippen LogP contribution in [0.4, 0.5) is 0 Å². The van der Waals surface area contributed by atoms with Crippen LogP contribution >= 0.6 is 0 Å². The number of amides is 1. The summed E-state index contributed by atoms with van der Waals surface area (Å²) in [5, 5.41) is 3.51. The van der Waals surface area contributed by atoms with E-state index in [9.17, 15) is 4.79 Å². The summed E-state index contributed by atoms with van der Waals surface area (Å²) in [6.07, 6.45) is 6.79. The second kappa shape index (κ2) is 7.54. The van der Waals surface area contributed by atoms with E-state index in [4.69, 9.17) is 4.98 Å². The normalized spacial score (nSPS) is 19.9. The lowest BCUT2D eigenvalue weighted by atomic mass is 10.0. The van der Waals surface area contributed by atoms with Crippen LogP contribution in [0.3, 0.4) is 0 Å². The van der Waals surface area contributed by atoms with Crippen molar-refractivity contribution in [1.29, 1.82) is 0 Å². The summed E-state index contributed by atoms with van der Waals surface area (Å²) >= 11 is 0. The first kappa shape index (κ1) is 17.2. The van der Waals surface area contributed by atoms with Crippen molar-refractivity contribution in [2.75, 3.05) is 13.1 Å². The number of nitrogens with zero attached hydrogens (tertiary/aromatic N) is 3. The maximum absolute atomic E-state index is 12.7. The Morgan fingerprint density at radius 3 is 2.88 bits per heavy atom. The average Bonchev–Trinajstić information content (AvgIpc) is 2.69. The van der Waals surface area contributed by atoms with E-state index in [0.717, 1.165) is 48.6 Å². The Labute approximate surface area is 154 Å². The molecule has 2 aromatic rings. The van der Waals surface area contributed by atoms with Crippen LogP contribution < -0.4 is 5.32 Å². The van der Waals surface area contributed by atoms with Crippen LogP contribution in [0.5, 0.6) is 0 Å². The average molecular weight is 350 g/mol. The van der Waals surface area contributed by atoms with Crippen molar-refractivity contribution in [2.24, 2.45) is 0 Å². The number of nitrogens with one attached hydrogen (secondary N) is 1. The van der Waals surface area contributed by atoms with Gasteiger partial charge in [0, 0.05) is 31.3 Å². The van der Waals surface area contributed by atoms with E-state index in [1.54, 1.807) is 0 Å². The smallest absolute Gasteiger partial charge is 0.227 e. The van der Waals surface area contributed by atoms with Crippen LogP contribution in [0.15, 0.2) is 30.5 Å². The molecule has 5 nitrogen and oxygen atoms in total. The second-order valence-corrected chi connectivity index (χ2v) is 7.43. The van der Waals surface area contributed by atoms with Gasteiger partial charge in [0.25, 0.3) is 0 Å². The van der Waals surface area contributed by atoms with E-state index < -0.39 is 0 Å². The lowest BCUT2D eigenvalue weighted by molar-refractivity contribution is -0.131. The van der Waals surface area contributed by atoms with Crippen LogP contribution in [0.2, 0.25) is 0 Å². The topological polar surface area (TPSA) is 58.1 Å². The molecule has 0 aliphatic carbocycles. The third-order valence-corrected chi connectivity index (χ3v) is 5.40. The molecule has 2 aliphatic heterocycles. The predicted octanol–water partition coefficient (Wildman–Crippen LogP) is 2.73. The number of benzene rings is 1. The molecule has 2 aliphatic rings. The highest BCUT2D eigenvalue weighted by Crippen LogP contribution is 2.23. The van der Waals surface area contributed by atoms with E-state index in [1.807, 2.05) is 23.2 Å². The van der Waals surface area contributed by atoms with Gasteiger partial charge < -0.3 is 10.2 Å². The van der Waals surface area contributed by atoms with E-state index in [-0.39, 0.29) is 11.9 Å². The zero-order valence-corrected chi connectivity index (χ0v) is 15.4. The number of rotatable bonds is 3.